The molecule has 0 heterocycles. The predicted octanol–water partition coefficient (Wildman–Crippen LogP) is 1.03. The molecule has 1 rings (SSSR count). The topological polar surface area (TPSA) is 66.8 Å². The molecule has 4 nitrogen and oxygen atoms in total. The summed E-state index contributed by atoms with van der Waals surface area (Å²) in [7, 11) is -1.91. The highest BCUT2D eigenvalue weighted by atomic mass is 19.1. The molecule has 1 aromatic rings. The van der Waals surface area contributed by atoms with Crippen LogP contribution in [0.4, 0.5) is 8.78 Å². The van der Waals surface area contributed by atoms with Crippen LogP contribution in [0, 0.1) is 11.6 Å². The fourth-order valence-corrected chi connectivity index (χ4v) is 1.39. The quantitative estimate of drug-likeness (QED) is 0.626. The van der Waals surface area contributed by atoms with Gasteiger partial charge in [-0.25, -0.2) is 8.78 Å². The number of benzene rings is 1. The lowest BCUT2D eigenvalue weighted by Crippen LogP contribution is -2.54. The Labute approximate surface area is 116 Å². The van der Waals surface area contributed by atoms with E-state index in [1.54, 1.807) is 0 Å². The Balaban J connectivity index is 3.11. The number of aldehydes is 1. The monoisotopic (exact) mass is 286 g/mol. The van der Waals surface area contributed by atoms with Gasteiger partial charge in [-0.1, -0.05) is 0 Å². The summed E-state index contributed by atoms with van der Waals surface area (Å²) in [6.07, 6.45) is 0.296. The van der Waals surface area contributed by atoms with Crippen LogP contribution in [-0.4, -0.2) is 34.7 Å². The van der Waals surface area contributed by atoms with Crippen LogP contribution < -0.4 is 5.46 Å². The molecule has 110 valence electrons. The second kappa shape index (κ2) is 5.59. The number of hydrogen-bond donors (Lipinski definition) is 2. The highest BCUT2D eigenvalue weighted by Crippen LogP contribution is 2.25. The summed E-state index contributed by atoms with van der Waals surface area (Å²) < 4.78 is 32.6. The summed E-state index contributed by atoms with van der Waals surface area (Å²) in [5.74, 6) is -2.18. The molecule has 0 aliphatic heterocycles. The van der Waals surface area contributed by atoms with Gasteiger partial charge in [-0.2, -0.15) is 0 Å². The average Bonchev–Trinajstić information content (AvgIpc) is 2.25. The number of carbonyl (C=O) groups excluding carboxylic acids is 1. The normalized spacial score (nSPS) is 12.4. The van der Waals surface area contributed by atoms with Gasteiger partial charge >= 0.3 is 7.12 Å². The molecule has 0 aromatic heterocycles. The predicted molar refractivity (Wildman–Crippen MR) is 70.8 cm³/mol. The minimum Gasteiger partial charge on any atom is -0.423 e. The largest absolute Gasteiger partial charge is 0.497 e. The molecule has 2 N–H and O–H groups in total. The Bertz CT molecular complexity index is 489. The first-order chi connectivity index (χ1) is 8.99. The van der Waals surface area contributed by atoms with E-state index >= 15 is 0 Å². The molecule has 0 atom stereocenters. The van der Waals surface area contributed by atoms with E-state index in [0.29, 0.717) is 6.29 Å². The van der Waals surface area contributed by atoms with Crippen LogP contribution in [0.2, 0.25) is 0 Å². The van der Waals surface area contributed by atoms with Crippen molar-refractivity contribution in [3.8, 4) is 0 Å². The molecular formula is C13H17BF2O4. The number of carbonyl (C=O) groups is 1. The molecular weight excluding hydrogens is 269 g/mol. The highest BCUT2D eigenvalue weighted by Gasteiger charge is 2.41. The molecule has 1 aromatic carbocycles. The molecule has 0 aliphatic rings. The average molecular weight is 286 g/mol. The first-order valence-corrected chi connectivity index (χ1v) is 6.02. The Morgan fingerprint density at radius 2 is 1.65 bits per heavy atom. The van der Waals surface area contributed by atoms with Gasteiger partial charge in [0.05, 0.1) is 16.7 Å². The van der Waals surface area contributed by atoms with Gasteiger partial charge in [0.2, 0.25) is 0 Å². The van der Waals surface area contributed by atoms with E-state index in [1.807, 2.05) is 0 Å². The maximum absolute atomic E-state index is 13.7. The van der Waals surface area contributed by atoms with Gasteiger partial charge < -0.3 is 14.8 Å². The first-order valence-electron chi connectivity index (χ1n) is 6.02. The summed E-state index contributed by atoms with van der Waals surface area (Å²) in [5, 5.41) is 19.7. The summed E-state index contributed by atoms with van der Waals surface area (Å²) >= 11 is 0. The van der Waals surface area contributed by atoms with Crippen molar-refractivity contribution >= 4 is 18.9 Å². The van der Waals surface area contributed by atoms with Crippen molar-refractivity contribution in [2.75, 3.05) is 0 Å². The lowest BCUT2D eigenvalue weighted by Gasteiger charge is -2.38. The molecule has 0 bridgehead atoms. The van der Waals surface area contributed by atoms with E-state index in [-0.39, 0.29) is 5.56 Å². The smallest absolute Gasteiger partial charge is 0.423 e. The molecule has 0 saturated carbocycles. The fourth-order valence-electron chi connectivity index (χ4n) is 1.39. The van der Waals surface area contributed by atoms with Crippen LogP contribution in [0.25, 0.3) is 0 Å². The second-order valence-electron chi connectivity index (χ2n) is 5.56. The molecule has 0 radical (unpaired) electrons. The van der Waals surface area contributed by atoms with Gasteiger partial charge in [-0.15, -0.1) is 0 Å². The Morgan fingerprint density at radius 1 is 1.20 bits per heavy atom. The van der Waals surface area contributed by atoms with Crippen LogP contribution in [0.5, 0.6) is 0 Å². The standard InChI is InChI=1S/C13H17BF2O4/c1-12(2,18)13(3,4)20-14(19)11-9(15)5-8(7-17)6-10(11)16/h5-7,18-19H,1-4H3. The van der Waals surface area contributed by atoms with E-state index in [1.165, 1.54) is 27.7 Å². The molecule has 0 aliphatic carbocycles. The maximum atomic E-state index is 13.7. The lowest BCUT2D eigenvalue weighted by molar-refractivity contribution is -0.0984. The van der Waals surface area contributed by atoms with Crippen molar-refractivity contribution in [1.29, 1.82) is 0 Å². The van der Waals surface area contributed by atoms with Crippen LogP contribution >= 0.6 is 0 Å². The number of hydrogen-bond acceptors (Lipinski definition) is 4. The third-order valence-corrected chi connectivity index (χ3v) is 3.36. The minimum absolute atomic E-state index is 0.183. The zero-order valence-corrected chi connectivity index (χ0v) is 11.8. The SMILES string of the molecule is CC(C)(O)C(C)(C)OB(O)c1c(F)cc(C=O)cc1F. The molecule has 0 amide bonds. The van der Waals surface area contributed by atoms with Crippen LogP contribution in [0.3, 0.4) is 0 Å². The Kier molecular flexibility index (Phi) is 4.68. The maximum Gasteiger partial charge on any atom is 0.497 e. The zero-order valence-electron chi connectivity index (χ0n) is 11.8. The Morgan fingerprint density at radius 3 is 2.00 bits per heavy atom. The van der Waals surface area contributed by atoms with Gasteiger partial charge in [-0.05, 0) is 39.8 Å². The van der Waals surface area contributed by atoms with E-state index in [0.717, 1.165) is 12.1 Å². The van der Waals surface area contributed by atoms with E-state index in [9.17, 15) is 23.7 Å². The summed E-state index contributed by atoms with van der Waals surface area (Å²) in [6, 6.07) is 1.60. The number of rotatable bonds is 5. The van der Waals surface area contributed by atoms with Gasteiger partial charge in [-0.3, -0.25) is 4.79 Å². The molecule has 0 saturated heterocycles. The lowest BCUT2D eigenvalue weighted by atomic mass is 9.75. The highest BCUT2D eigenvalue weighted by molar-refractivity contribution is 6.60. The summed E-state index contributed by atoms with van der Waals surface area (Å²) in [6.45, 7) is 5.85. The van der Waals surface area contributed by atoms with Crippen LogP contribution in [0.1, 0.15) is 38.1 Å². The van der Waals surface area contributed by atoms with Crippen molar-refractivity contribution in [1.82, 2.24) is 0 Å². The molecule has 0 spiro atoms. The van der Waals surface area contributed by atoms with Crippen molar-refractivity contribution in [2.45, 2.75) is 38.9 Å². The van der Waals surface area contributed by atoms with Crippen LogP contribution in [-0.2, 0) is 4.65 Å². The van der Waals surface area contributed by atoms with Crippen LogP contribution in [0.15, 0.2) is 12.1 Å². The van der Waals surface area contributed by atoms with E-state index in [4.69, 9.17) is 4.65 Å². The van der Waals surface area contributed by atoms with Crippen molar-refractivity contribution in [3.05, 3.63) is 29.3 Å². The Hall–Kier alpha value is -1.31. The van der Waals surface area contributed by atoms with Gasteiger partial charge in [0.1, 0.15) is 17.9 Å². The van der Waals surface area contributed by atoms with E-state index in [2.05, 4.69) is 0 Å². The third kappa shape index (κ3) is 3.42. The first kappa shape index (κ1) is 16.7. The van der Waals surface area contributed by atoms with Gasteiger partial charge in [0, 0.05) is 5.56 Å². The number of halogens is 2. The molecule has 0 fully saturated rings. The summed E-state index contributed by atoms with van der Waals surface area (Å²) in [5.41, 5.74) is -3.48. The second-order valence-corrected chi connectivity index (χ2v) is 5.56. The molecule has 7 heteroatoms. The van der Waals surface area contributed by atoms with Crippen molar-refractivity contribution in [2.24, 2.45) is 0 Å². The van der Waals surface area contributed by atoms with E-state index < -0.39 is 35.4 Å². The summed E-state index contributed by atoms with van der Waals surface area (Å²) in [4.78, 5) is 10.5. The van der Waals surface area contributed by atoms with Crippen molar-refractivity contribution in [3.63, 3.8) is 0 Å². The molecule has 20 heavy (non-hydrogen) atoms. The number of aliphatic hydroxyl groups is 1. The third-order valence-electron chi connectivity index (χ3n) is 3.36. The fraction of sp³-hybridized carbons (Fsp3) is 0.462. The zero-order chi connectivity index (χ0) is 15.7. The van der Waals surface area contributed by atoms with Crippen molar-refractivity contribution < 1.29 is 28.4 Å². The minimum atomic E-state index is -1.91. The van der Waals surface area contributed by atoms with Gasteiger partial charge in [0.15, 0.2) is 0 Å². The molecule has 0 unspecified atom stereocenters. The van der Waals surface area contributed by atoms with Gasteiger partial charge in [0.25, 0.3) is 0 Å².